The lowest BCUT2D eigenvalue weighted by Crippen LogP contribution is -1.76. The lowest BCUT2D eigenvalue weighted by molar-refractivity contribution is 0.402. The first kappa shape index (κ1) is 9.02. The predicted octanol–water partition coefficient (Wildman–Crippen LogP) is 2.53. The van der Waals surface area contributed by atoms with Crippen LogP contribution in [-0.4, -0.2) is 15.2 Å². The van der Waals surface area contributed by atoms with Crippen molar-refractivity contribution < 1.29 is 10.2 Å². The fourth-order valence-corrected chi connectivity index (χ4v) is 1.83. The minimum Gasteiger partial charge on any atom is -0.496 e. The summed E-state index contributed by atoms with van der Waals surface area (Å²) in [6.45, 7) is 2.00. The second-order valence-corrected chi connectivity index (χ2v) is 3.99. The van der Waals surface area contributed by atoms with Gasteiger partial charge in [0.2, 0.25) is 5.06 Å². The molecule has 3 nitrogen and oxygen atoms in total. The maximum Gasteiger partial charge on any atom is 0.267 e. The summed E-state index contributed by atoms with van der Waals surface area (Å²) in [4.78, 5) is 3.83. The standard InChI is InChI=1S/C10H9NO2S/c1-6-2-4-7(5-3-6)9-11-8(12)10(13)14-9/h2-5,12-13H,1H3. The molecule has 0 saturated carbocycles. The molecule has 0 aliphatic rings. The van der Waals surface area contributed by atoms with Gasteiger partial charge in [0.15, 0.2) is 0 Å². The van der Waals surface area contributed by atoms with E-state index in [4.69, 9.17) is 10.2 Å². The SMILES string of the molecule is Cc1ccc(-c2nc(O)c(O)s2)cc1. The third-order valence-corrected chi connectivity index (χ3v) is 2.79. The van der Waals surface area contributed by atoms with Gasteiger partial charge in [0, 0.05) is 5.56 Å². The summed E-state index contributed by atoms with van der Waals surface area (Å²) in [5.41, 5.74) is 2.06. The van der Waals surface area contributed by atoms with Crippen LogP contribution in [0.25, 0.3) is 10.6 Å². The first-order valence-corrected chi connectivity index (χ1v) is 4.94. The molecule has 0 saturated heterocycles. The van der Waals surface area contributed by atoms with E-state index >= 15 is 0 Å². The van der Waals surface area contributed by atoms with Gasteiger partial charge in [-0.15, -0.1) is 0 Å². The summed E-state index contributed by atoms with van der Waals surface area (Å²) < 4.78 is 0. The van der Waals surface area contributed by atoms with Crippen LogP contribution in [0.4, 0.5) is 0 Å². The molecule has 0 aliphatic heterocycles. The molecule has 0 unspecified atom stereocenters. The van der Waals surface area contributed by atoms with Gasteiger partial charge < -0.3 is 10.2 Å². The van der Waals surface area contributed by atoms with Crippen molar-refractivity contribution in [3.05, 3.63) is 29.8 Å². The number of hydrogen-bond acceptors (Lipinski definition) is 4. The summed E-state index contributed by atoms with van der Waals surface area (Å²) in [5.74, 6) is -0.300. The number of rotatable bonds is 1. The van der Waals surface area contributed by atoms with Crippen LogP contribution in [0.15, 0.2) is 24.3 Å². The highest BCUT2D eigenvalue weighted by molar-refractivity contribution is 7.17. The van der Waals surface area contributed by atoms with Gasteiger partial charge >= 0.3 is 0 Å². The van der Waals surface area contributed by atoms with E-state index in [1.54, 1.807) is 0 Å². The van der Waals surface area contributed by atoms with Gasteiger partial charge in [-0.25, -0.2) is 0 Å². The van der Waals surface area contributed by atoms with Crippen LogP contribution < -0.4 is 0 Å². The Bertz CT molecular complexity index is 428. The Morgan fingerprint density at radius 2 is 1.79 bits per heavy atom. The zero-order chi connectivity index (χ0) is 10.1. The van der Waals surface area contributed by atoms with Crippen molar-refractivity contribution in [2.75, 3.05) is 0 Å². The van der Waals surface area contributed by atoms with E-state index in [2.05, 4.69) is 4.98 Å². The third kappa shape index (κ3) is 1.56. The fraction of sp³-hybridized carbons (Fsp3) is 0.100. The fourth-order valence-electron chi connectivity index (χ4n) is 1.12. The van der Waals surface area contributed by atoms with Gasteiger partial charge in [-0.05, 0) is 6.92 Å². The lowest BCUT2D eigenvalue weighted by atomic mass is 10.2. The zero-order valence-electron chi connectivity index (χ0n) is 7.56. The highest BCUT2D eigenvalue weighted by atomic mass is 32.1. The van der Waals surface area contributed by atoms with E-state index in [0.717, 1.165) is 16.9 Å². The van der Waals surface area contributed by atoms with Crippen LogP contribution in [-0.2, 0) is 0 Å². The summed E-state index contributed by atoms with van der Waals surface area (Å²) in [6.07, 6.45) is 0. The van der Waals surface area contributed by atoms with Gasteiger partial charge in [0.05, 0.1) is 0 Å². The predicted molar refractivity (Wildman–Crippen MR) is 55.6 cm³/mol. The molecule has 2 aromatic rings. The van der Waals surface area contributed by atoms with Crippen LogP contribution in [0.2, 0.25) is 0 Å². The Kier molecular flexibility index (Phi) is 2.13. The molecule has 2 N–H and O–H groups in total. The monoisotopic (exact) mass is 207 g/mol. The van der Waals surface area contributed by atoms with Crippen molar-refractivity contribution in [3.63, 3.8) is 0 Å². The molecule has 0 amide bonds. The Labute approximate surface area is 85.3 Å². The van der Waals surface area contributed by atoms with Gasteiger partial charge in [-0.2, -0.15) is 4.98 Å². The maximum atomic E-state index is 9.16. The van der Waals surface area contributed by atoms with Crippen molar-refractivity contribution in [1.82, 2.24) is 4.98 Å². The Morgan fingerprint density at radius 3 is 2.29 bits per heavy atom. The van der Waals surface area contributed by atoms with Gasteiger partial charge in [0.25, 0.3) is 5.88 Å². The second kappa shape index (κ2) is 3.31. The first-order chi connectivity index (χ1) is 6.66. The summed E-state index contributed by atoms with van der Waals surface area (Å²) in [7, 11) is 0. The molecule has 4 heteroatoms. The van der Waals surface area contributed by atoms with Gasteiger partial charge in [-0.3, -0.25) is 0 Å². The van der Waals surface area contributed by atoms with Crippen LogP contribution in [0.5, 0.6) is 10.9 Å². The molecule has 0 fully saturated rings. The Morgan fingerprint density at radius 1 is 1.14 bits per heavy atom. The summed E-state index contributed by atoms with van der Waals surface area (Å²) in [5, 5.41) is 18.8. The molecule has 0 aliphatic carbocycles. The van der Waals surface area contributed by atoms with E-state index < -0.39 is 0 Å². The lowest BCUT2D eigenvalue weighted by Gasteiger charge is -1.95. The molecule has 1 aromatic carbocycles. The van der Waals surface area contributed by atoms with Crippen molar-refractivity contribution in [2.45, 2.75) is 6.92 Å². The molecule has 14 heavy (non-hydrogen) atoms. The number of aromatic nitrogens is 1. The van der Waals surface area contributed by atoms with Gasteiger partial charge in [-0.1, -0.05) is 41.2 Å². The quantitative estimate of drug-likeness (QED) is 0.755. The minimum atomic E-state index is -0.300. The summed E-state index contributed by atoms with van der Waals surface area (Å²) >= 11 is 1.07. The molecule has 72 valence electrons. The Hall–Kier alpha value is -1.55. The van der Waals surface area contributed by atoms with E-state index in [0.29, 0.717) is 5.01 Å². The zero-order valence-corrected chi connectivity index (χ0v) is 8.38. The number of hydrogen-bond donors (Lipinski definition) is 2. The van der Waals surface area contributed by atoms with Crippen LogP contribution >= 0.6 is 11.3 Å². The number of aromatic hydroxyl groups is 2. The molecule has 0 bridgehead atoms. The Balaban J connectivity index is 2.44. The van der Waals surface area contributed by atoms with Gasteiger partial charge in [0.1, 0.15) is 5.01 Å². The highest BCUT2D eigenvalue weighted by Crippen LogP contribution is 2.36. The summed E-state index contributed by atoms with van der Waals surface area (Å²) in [6, 6.07) is 7.75. The molecule has 1 heterocycles. The number of nitrogens with zero attached hydrogens (tertiary/aromatic N) is 1. The molecule has 0 atom stereocenters. The van der Waals surface area contributed by atoms with E-state index in [1.165, 1.54) is 5.56 Å². The maximum absolute atomic E-state index is 9.16. The molecule has 2 rings (SSSR count). The number of thiazole rings is 1. The second-order valence-electron chi connectivity index (χ2n) is 3.01. The van der Waals surface area contributed by atoms with Crippen molar-refractivity contribution >= 4 is 11.3 Å². The topological polar surface area (TPSA) is 53.4 Å². The number of aryl methyl sites for hydroxylation is 1. The molecular formula is C10H9NO2S. The third-order valence-electron chi connectivity index (χ3n) is 1.89. The smallest absolute Gasteiger partial charge is 0.267 e. The first-order valence-electron chi connectivity index (χ1n) is 4.12. The molecular weight excluding hydrogens is 198 g/mol. The van der Waals surface area contributed by atoms with E-state index in [9.17, 15) is 0 Å². The number of benzene rings is 1. The normalized spacial score (nSPS) is 10.4. The largest absolute Gasteiger partial charge is 0.496 e. The van der Waals surface area contributed by atoms with Crippen molar-refractivity contribution in [3.8, 4) is 21.5 Å². The molecule has 1 aromatic heterocycles. The van der Waals surface area contributed by atoms with Crippen LogP contribution in [0, 0.1) is 6.92 Å². The molecule has 0 spiro atoms. The highest BCUT2D eigenvalue weighted by Gasteiger charge is 2.09. The van der Waals surface area contributed by atoms with E-state index in [1.807, 2.05) is 31.2 Å². The van der Waals surface area contributed by atoms with Crippen LogP contribution in [0.3, 0.4) is 0 Å². The minimum absolute atomic E-state index is 0.138. The van der Waals surface area contributed by atoms with Crippen LogP contribution in [0.1, 0.15) is 5.56 Å². The van der Waals surface area contributed by atoms with Crippen molar-refractivity contribution in [1.29, 1.82) is 0 Å². The molecule has 0 radical (unpaired) electrons. The average Bonchev–Trinajstić information content (AvgIpc) is 2.48. The van der Waals surface area contributed by atoms with Crippen molar-refractivity contribution in [2.24, 2.45) is 0 Å². The van der Waals surface area contributed by atoms with E-state index in [-0.39, 0.29) is 10.9 Å². The average molecular weight is 207 g/mol.